The van der Waals surface area contributed by atoms with Gasteiger partial charge in [-0.15, -0.1) is 0 Å². The first-order valence-electron chi connectivity index (χ1n) is 6.64. The third-order valence-electron chi connectivity index (χ3n) is 3.94. The summed E-state index contributed by atoms with van der Waals surface area (Å²) < 4.78 is 26.4. The number of halogens is 2. The van der Waals surface area contributed by atoms with E-state index in [9.17, 15) is 8.78 Å². The van der Waals surface area contributed by atoms with Crippen molar-refractivity contribution < 1.29 is 8.78 Å². The summed E-state index contributed by atoms with van der Waals surface area (Å²) in [4.78, 5) is 2.10. The second-order valence-corrected chi connectivity index (χ2v) is 5.29. The largest absolute Gasteiger partial charge is 0.299 e. The molecular formula is C15H18F2N2. The Hall–Kier alpha value is -1.47. The van der Waals surface area contributed by atoms with Crippen LogP contribution in [0.1, 0.15) is 31.2 Å². The molecule has 4 heteroatoms. The standard InChI is InChI=1S/C15H18F2N2/c1-19(14-6-2-11(9-18)3-7-14)10-12-4-5-13(16)8-15(12)17/h4-5,8,11,14H,2-3,6-7,10H2,1H3. The van der Waals surface area contributed by atoms with Crippen molar-refractivity contribution >= 4 is 0 Å². The van der Waals surface area contributed by atoms with Crippen LogP contribution in [0.5, 0.6) is 0 Å². The predicted octanol–water partition coefficient (Wildman–Crippen LogP) is 3.48. The summed E-state index contributed by atoms with van der Waals surface area (Å²) in [7, 11) is 1.96. The quantitative estimate of drug-likeness (QED) is 0.835. The fraction of sp³-hybridized carbons (Fsp3) is 0.533. The van der Waals surface area contributed by atoms with Gasteiger partial charge in [0.05, 0.1) is 6.07 Å². The third kappa shape index (κ3) is 3.51. The van der Waals surface area contributed by atoms with E-state index in [1.165, 1.54) is 12.1 Å². The van der Waals surface area contributed by atoms with Gasteiger partial charge in [-0.1, -0.05) is 6.07 Å². The van der Waals surface area contributed by atoms with Crippen molar-refractivity contribution in [3.05, 3.63) is 35.4 Å². The molecule has 102 valence electrons. The van der Waals surface area contributed by atoms with E-state index in [-0.39, 0.29) is 5.92 Å². The molecule has 0 amide bonds. The van der Waals surface area contributed by atoms with Gasteiger partial charge < -0.3 is 0 Å². The summed E-state index contributed by atoms with van der Waals surface area (Å²) in [5.41, 5.74) is 0.520. The lowest BCUT2D eigenvalue weighted by Gasteiger charge is -2.32. The summed E-state index contributed by atoms with van der Waals surface area (Å²) in [5, 5.41) is 8.86. The highest BCUT2D eigenvalue weighted by Crippen LogP contribution is 2.27. The van der Waals surface area contributed by atoms with E-state index < -0.39 is 11.6 Å². The SMILES string of the molecule is CN(Cc1ccc(F)cc1F)C1CCC(C#N)CC1. The monoisotopic (exact) mass is 264 g/mol. The molecule has 0 heterocycles. The first-order chi connectivity index (χ1) is 9.10. The first kappa shape index (κ1) is 14.0. The Morgan fingerprint density at radius 2 is 1.95 bits per heavy atom. The third-order valence-corrected chi connectivity index (χ3v) is 3.94. The van der Waals surface area contributed by atoms with Crippen molar-refractivity contribution in [1.29, 1.82) is 5.26 Å². The second-order valence-electron chi connectivity index (χ2n) is 5.29. The smallest absolute Gasteiger partial charge is 0.130 e. The number of nitriles is 1. The molecule has 0 unspecified atom stereocenters. The van der Waals surface area contributed by atoms with Gasteiger partial charge in [-0.05, 0) is 38.8 Å². The van der Waals surface area contributed by atoms with Crippen LogP contribution in [0.2, 0.25) is 0 Å². The van der Waals surface area contributed by atoms with Gasteiger partial charge >= 0.3 is 0 Å². The fourth-order valence-electron chi connectivity index (χ4n) is 2.69. The average molecular weight is 264 g/mol. The van der Waals surface area contributed by atoms with Crippen molar-refractivity contribution in [2.24, 2.45) is 5.92 Å². The van der Waals surface area contributed by atoms with Crippen molar-refractivity contribution in [2.75, 3.05) is 7.05 Å². The Labute approximate surface area is 112 Å². The minimum atomic E-state index is -0.543. The van der Waals surface area contributed by atoms with E-state index in [1.807, 2.05) is 7.05 Å². The molecule has 1 fully saturated rings. The van der Waals surface area contributed by atoms with Crippen molar-refractivity contribution in [3.63, 3.8) is 0 Å². The summed E-state index contributed by atoms with van der Waals surface area (Å²) >= 11 is 0. The second kappa shape index (κ2) is 6.12. The van der Waals surface area contributed by atoms with Crippen LogP contribution in [0.25, 0.3) is 0 Å². The minimum Gasteiger partial charge on any atom is -0.299 e. The van der Waals surface area contributed by atoms with Crippen molar-refractivity contribution in [2.45, 2.75) is 38.3 Å². The van der Waals surface area contributed by atoms with Crippen LogP contribution in [0, 0.1) is 28.9 Å². The van der Waals surface area contributed by atoms with Gasteiger partial charge in [0.15, 0.2) is 0 Å². The highest BCUT2D eigenvalue weighted by Gasteiger charge is 2.24. The number of nitrogens with zero attached hydrogens (tertiary/aromatic N) is 2. The lowest BCUT2D eigenvalue weighted by Crippen LogP contribution is -2.34. The molecule has 0 saturated heterocycles. The molecule has 2 nitrogen and oxygen atoms in total. The summed E-state index contributed by atoms with van der Waals surface area (Å²) in [6.45, 7) is 0.480. The maximum atomic E-state index is 13.6. The highest BCUT2D eigenvalue weighted by atomic mass is 19.1. The van der Waals surface area contributed by atoms with Gasteiger partial charge in [-0.2, -0.15) is 5.26 Å². The Balaban J connectivity index is 1.94. The normalized spacial score (nSPS) is 23.3. The summed E-state index contributed by atoms with van der Waals surface area (Å²) in [5.74, 6) is -0.858. The van der Waals surface area contributed by atoms with E-state index in [4.69, 9.17) is 5.26 Å². The molecule has 0 atom stereocenters. The van der Waals surface area contributed by atoms with Crippen LogP contribution < -0.4 is 0 Å². The maximum absolute atomic E-state index is 13.6. The zero-order chi connectivity index (χ0) is 13.8. The van der Waals surface area contributed by atoms with Crippen LogP contribution in [-0.4, -0.2) is 18.0 Å². The molecular weight excluding hydrogens is 246 g/mol. The molecule has 0 aromatic heterocycles. The van der Waals surface area contributed by atoms with Gasteiger partial charge in [0.1, 0.15) is 11.6 Å². The molecule has 19 heavy (non-hydrogen) atoms. The van der Waals surface area contributed by atoms with Crippen LogP contribution >= 0.6 is 0 Å². The van der Waals surface area contributed by atoms with Crippen molar-refractivity contribution in [3.8, 4) is 6.07 Å². The number of hydrogen-bond donors (Lipinski definition) is 0. The molecule has 1 aromatic rings. The Morgan fingerprint density at radius 1 is 1.26 bits per heavy atom. The topological polar surface area (TPSA) is 27.0 Å². The van der Waals surface area contributed by atoms with Crippen LogP contribution in [0.15, 0.2) is 18.2 Å². The predicted molar refractivity (Wildman–Crippen MR) is 69.2 cm³/mol. The molecule has 1 aliphatic rings. The van der Waals surface area contributed by atoms with Crippen LogP contribution in [0.4, 0.5) is 8.78 Å². The zero-order valence-electron chi connectivity index (χ0n) is 11.1. The van der Waals surface area contributed by atoms with E-state index in [2.05, 4.69) is 11.0 Å². The van der Waals surface area contributed by atoms with Crippen LogP contribution in [-0.2, 0) is 6.54 Å². The van der Waals surface area contributed by atoms with Gasteiger partial charge in [-0.25, -0.2) is 8.78 Å². The Bertz CT molecular complexity index is 474. The summed E-state index contributed by atoms with van der Waals surface area (Å²) in [6, 6.07) is 6.41. The summed E-state index contributed by atoms with van der Waals surface area (Å²) in [6.07, 6.45) is 3.77. The number of hydrogen-bond acceptors (Lipinski definition) is 2. The zero-order valence-corrected chi connectivity index (χ0v) is 11.1. The Morgan fingerprint density at radius 3 is 2.53 bits per heavy atom. The molecule has 2 rings (SSSR count). The molecule has 0 N–H and O–H groups in total. The molecule has 1 aromatic carbocycles. The van der Waals surface area contributed by atoms with E-state index in [0.29, 0.717) is 18.2 Å². The van der Waals surface area contributed by atoms with Gasteiger partial charge in [0.2, 0.25) is 0 Å². The molecule has 0 radical (unpaired) electrons. The van der Waals surface area contributed by atoms with Gasteiger partial charge in [0.25, 0.3) is 0 Å². The molecule has 1 aliphatic carbocycles. The number of rotatable bonds is 3. The lowest BCUT2D eigenvalue weighted by molar-refractivity contribution is 0.170. The van der Waals surface area contributed by atoms with E-state index in [1.54, 1.807) is 0 Å². The fourth-order valence-corrected chi connectivity index (χ4v) is 2.69. The molecule has 0 spiro atoms. The average Bonchev–Trinajstić information content (AvgIpc) is 2.42. The molecule has 0 aliphatic heterocycles. The van der Waals surface area contributed by atoms with E-state index in [0.717, 1.165) is 31.7 Å². The highest BCUT2D eigenvalue weighted by molar-refractivity contribution is 5.18. The first-order valence-corrected chi connectivity index (χ1v) is 6.64. The van der Waals surface area contributed by atoms with E-state index >= 15 is 0 Å². The Kier molecular flexibility index (Phi) is 4.49. The van der Waals surface area contributed by atoms with Crippen LogP contribution in [0.3, 0.4) is 0 Å². The van der Waals surface area contributed by atoms with Gasteiger partial charge in [0, 0.05) is 30.1 Å². The number of benzene rings is 1. The minimum absolute atomic E-state index is 0.173. The van der Waals surface area contributed by atoms with Crippen molar-refractivity contribution in [1.82, 2.24) is 4.90 Å². The van der Waals surface area contributed by atoms with Gasteiger partial charge in [-0.3, -0.25) is 4.90 Å². The lowest BCUT2D eigenvalue weighted by atomic mass is 9.86. The molecule has 1 saturated carbocycles. The maximum Gasteiger partial charge on any atom is 0.130 e. The molecule has 0 bridgehead atoms.